The van der Waals surface area contributed by atoms with Gasteiger partial charge in [-0.1, -0.05) is 48.5 Å². The second kappa shape index (κ2) is 11.9. The fourth-order valence-electron chi connectivity index (χ4n) is 5.28. The van der Waals surface area contributed by atoms with Crippen molar-refractivity contribution in [1.82, 2.24) is 24.5 Å². The molecule has 2 atom stereocenters. The molecule has 2 aliphatic rings. The highest BCUT2D eigenvalue weighted by Gasteiger charge is 2.34. The van der Waals surface area contributed by atoms with Gasteiger partial charge in [-0.2, -0.15) is 5.10 Å². The van der Waals surface area contributed by atoms with Crippen molar-refractivity contribution in [2.45, 2.75) is 19.4 Å². The lowest BCUT2D eigenvalue weighted by atomic mass is 10.0. The Hall–Kier alpha value is -4.51. The molecule has 0 saturated carbocycles. The number of aromatic nitrogens is 2. The van der Waals surface area contributed by atoms with Gasteiger partial charge in [-0.25, -0.2) is 9.79 Å². The lowest BCUT2D eigenvalue weighted by molar-refractivity contribution is -0.138. The Morgan fingerprint density at radius 3 is 2.17 bits per heavy atom. The highest BCUT2D eigenvalue weighted by atomic mass is 16.5. The molecule has 3 amide bonds. The van der Waals surface area contributed by atoms with E-state index in [4.69, 9.17) is 4.74 Å². The number of aliphatic hydroxyl groups excluding tert-OH is 1. The van der Waals surface area contributed by atoms with Crippen LogP contribution in [0.2, 0.25) is 0 Å². The van der Waals surface area contributed by atoms with Gasteiger partial charge < -0.3 is 14.7 Å². The SMILES string of the molecule is COC(=O)N1CN=C(c2ccc(-c3ccc(-c4cnn(C)c4)cc3)cc2)N(CC2CCN(C(=O)C(C)O)C2)C(=O)C1. The molecule has 11 heteroatoms. The van der Waals surface area contributed by atoms with Gasteiger partial charge in [0.2, 0.25) is 5.91 Å². The summed E-state index contributed by atoms with van der Waals surface area (Å²) in [5.41, 5.74) is 4.93. The van der Waals surface area contributed by atoms with Crippen molar-refractivity contribution in [2.24, 2.45) is 18.0 Å². The number of aliphatic hydroxyl groups is 1. The monoisotopic (exact) mass is 558 g/mol. The second-order valence-electron chi connectivity index (χ2n) is 10.5. The Bertz CT molecular complexity index is 1450. The Kier molecular flexibility index (Phi) is 8.16. The summed E-state index contributed by atoms with van der Waals surface area (Å²) in [5, 5.41) is 13.9. The third kappa shape index (κ3) is 6.14. The van der Waals surface area contributed by atoms with Crippen LogP contribution in [0, 0.1) is 5.92 Å². The number of hydrogen-bond acceptors (Lipinski definition) is 7. The number of aliphatic imine (C=N–C) groups is 1. The second-order valence-corrected chi connectivity index (χ2v) is 10.5. The smallest absolute Gasteiger partial charge is 0.411 e. The molecule has 1 fully saturated rings. The molecule has 0 bridgehead atoms. The molecule has 0 spiro atoms. The molecule has 2 aromatic carbocycles. The summed E-state index contributed by atoms with van der Waals surface area (Å²) in [6, 6.07) is 16.1. The van der Waals surface area contributed by atoms with E-state index in [1.54, 1.807) is 14.5 Å². The van der Waals surface area contributed by atoms with Crippen LogP contribution in [0.3, 0.4) is 0 Å². The van der Waals surface area contributed by atoms with E-state index in [2.05, 4.69) is 34.4 Å². The molecule has 0 radical (unpaired) electrons. The number of ether oxygens (including phenoxy) is 1. The first-order valence-corrected chi connectivity index (χ1v) is 13.6. The zero-order chi connectivity index (χ0) is 29.1. The molecule has 3 aromatic rings. The van der Waals surface area contributed by atoms with E-state index < -0.39 is 12.2 Å². The fourth-order valence-corrected chi connectivity index (χ4v) is 5.28. The first-order chi connectivity index (χ1) is 19.7. The Labute approximate surface area is 238 Å². The number of methoxy groups -OCH3 is 1. The molecular weight excluding hydrogens is 524 g/mol. The molecule has 214 valence electrons. The molecule has 11 nitrogen and oxygen atoms in total. The van der Waals surface area contributed by atoms with E-state index >= 15 is 0 Å². The Morgan fingerprint density at radius 1 is 1.00 bits per heavy atom. The van der Waals surface area contributed by atoms with Gasteiger partial charge in [0.1, 0.15) is 25.2 Å². The van der Waals surface area contributed by atoms with Crippen molar-refractivity contribution in [3.8, 4) is 22.3 Å². The maximum atomic E-state index is 13.4. The molecule has 1 saturated heterocycles. The Morgan fingerprint density at radius 2 is 1.61 bits per heavy atom. The first kappa shape index (κ1) is 28.0. The molecule has 2 aliphatic heterocycles. The van der Waals surface area contributed by atoms with Crippen LogP contribution < -0.4 is 0 Å². The van der Waals surface area contributed by atoms with E-state index in [1.165, 1.54) is 18.9 Å². The number of aryl methyl sites for hydroxylation is 1. The minimum Gasteiger partial charge on any atom is -0.453 e. The van der Waals surface area contributed by atoms with Crippen molar-refractivity contribution in [2.75, 3.05) is 40.0 Å². The van der Waals surface area contributed by atoms with Gasteiger partial charge in [-0.3, -0.25) is 24.1 Å². The molecule has 41 heavy (non-hydrogen) atoms. The molecule has 5 rings (SSSR count). The number of hydrogen-bond donors (Lipinski definition) is 1. The van der Waals surface area contributed by atoms with Gasteiger partial charge in [0.15, 0.2) is 0 Å². The number of likely N-dealkylation sites (tertiary alicyclic amines) is 1. The van der Waals surface area contributed by atoms with E-state index in [9.17, 15) is 19.5 Å². The van der Waals surface area contributed by atoms with Crippen molar-refractivity contribution < 1.29 is 24.2 Å². The van der Waals surface area contributed by atoms with Gasteiger partial charge in [0.25, 0.3) is 5.91 Å². The summed E-state index contributed by atoms with van der Waals surface area (Å²) in [4.78, 5) is 47.2. The number of amidine groups is 1. The average molecular weight is 559 g/mol. The van der Waals surface area contributed by atoms with Crippen LogP contribution >= 0.6 is 0 Å². The van der Waals surface area contributed by atoms with Crippen LogP contribution in [0.15, 0.2) is 65.9 Å². The molecule has 0 aliphatic carbocycles. The number of benzene rings is 2. The highest BCUT2D eigenvalue weighted by molar-refractivity contribution is 6.09. The van der Waals surface area contributed by atoms with E-state index in [0.29, 0.717) is 31.9 Å². The van der Waals surface area contributed by atoms with Gasteiger partial charge in [0.05, 0.1) is 13.3 Å². The zero-order valence-corrected chi connectivity index (χ0v) is 23.4. The topological polar surface area (TPSA) is 121 Å². The largest absolute Gasteiger partial charge is 0.453 e. The van der Waals surface area contributed by atoms with Crippen molar-refractivity contribution in [3.05, 3.63) is 66.5 Å². The molecule has 3 heterocycles. The minimum atomic E-state index is -1.07. The van der Waals surface area contributed by atoms with Crippen LogP contribution in [-0.2, 0) is 21.4 Å². The number of carbonyl (C=O) groups excluding carboxylic acids is 3. The van der Waals surface area contributed by atoms with Crippen LogP contribution in [-0.4, -0.2) is 99.4 Å². The zero-order valence-electron chi connectivity index (χ0n) is 23.4. The lowest BCUT2D eigenvalue weighted by Gasteiger charge is -2.27. The van der Waals surface area contributed by atoms with E-state index in [-0.39, 0.29) is 30.9 Å². The van der Waals surface area contributed by atoms with E-state index in [1.807, 2.05) is 43.7 Å². The van der Waals surface area contributed by atoms with Gasteiger partial charge >= 0.3 is 6.09 Å². The normalized spacial score (nSPS) is 18.2. The minimum absolute atomic E-state index is 0.00845. The predicted octanol–water partition coefficient (Wildman–Crippen LogP) is 2.60. The van der Waals surface area contributed by atoms with E-state index in [0.717, 1.165) is 27.8 Å². The molecule has 1 aromatic heterocycles. The van der Waals surface area contributed by atoms with Gasteiger partial charge in [-0.05, 0) is 36.0 Å². The summed E-state index contributed by atoms with van der Waals surface area (Å²) in [6.07, 6.45) is 2.82. The summed E-state index contributed by atoms with van der Waals surface area (Å²) >= 11 is 0. The Balaban J connectivity index is 1.37. The third-order valence-electron chi connectivity index (χ3n) is 7.50. The van der Waals surface area contributed by atoms with Crippen LogP contribution in [0.25, 0.3) is 22.3 Å². The first-order valence-electron chi connectivity index (χ1n) is 13.6. The van der Waals surface area contributed by atoms with Gasteiger partial charge in [0, 0.05) is 44.0 Å². The van der Waals surface area contributed by atoms with Crippen molar-refractivity contribution in [1.29, 1.82) is 0 Å². The quantitative estimate of drug-likeness (QED) is 0.497. The fraction of sp³-hybridized carbons (Fsp3) is 0.367. The maximum Gasteiger partial charge on any atom is 0.411 e. The summed E-state index contributed by atoms with van der Waals surface area (Å²) in [6.45, 7) is 2.58. The third-order valence-corrected chi connectivity index (χ3v) is 7.50. The predicted molar refractivity (Wildman–Crippen MR) is 153 cm³/mol. The molecule has 2 unspecified atom stereocenters. The maximum absolute atomic E-state index is 13.4. The number of carbonyl (C=O) groups is 3. The van der Waals surface area contributed by atoms with Crippen LogP contribution in [0.1, 0.15) is 18.9 Å². The summed E-state index contributed by atoms with van der Waals surface area (Å²) in [7, 11) is 3.16. The van der Waals surface area contributed by atoms with Crippen molar-refractivity contribution in [3.63, 3.8) is 0 Å². The average Bonchev–Trinajstić information content (AvgIpc) is 3.60. The summed E-state index contributed by atoms with van der Waals surface area (Å²) in [5.74, 6) is -0.110. The van der Waals surface area contributed by atoms with Crippen LogP contribution in [0.5, 0.6) is 0 Å². The standard InChI is InChI=1S/C30H34N6O5/c1-20(37)29(39)34-13-12-21(15-34)16-36-27(38)18-35(30(40)41-3)19-31-28(36)25-10-8-23(9-11-25)22-4-6-24(7-5-22)26-14-32-33(2)17-26/h4-11,14,17,20-21,37H,12-13,15-16,18-19H2,1-3H3. The number of nitrogens with zero attached hydrogens (tertiary/aromatic N) is 6. The van der Waals surface area contributed by atoms with Crippen molar-refractivity contribution >= 4 is 23.7 Å². The summed E-state index contributed by atoms with van der Waals surface area (Å²) < 4.78 is 6.62. The van der Waals surface area contributed by atoms with Gasteiger partial charge in [-0.15, -0.1) is 0 Å². The van der Waals surface area contributed by atoms with Crippen LogP contribution in [0.4, 0.5) is 4.79 Å². The molecular formula is C30H34N6O5. The molecule has 1 N–H and O–H groups in total. The highest BCUT2D eigenvalue weighted by Crippen LogP contribution is 2.26. The number of amides is 3. The number of rotatable bonds is 6. The lowest BCUT2D eigenvalue weighted by Crippen LogP contribution is -2.45.